The summed E-state index contributed by atoms with van der Waals surface area (Å²) in [7, 11) is 0. The number of benzene rings is 1. The fraction of sp³-hybridized carbons (Fsp3) is 0.0667. The van der Waals surface area contributed by atoms with Crippen LogP contribution >= 0.6 is 0 Å². The number of aromatic nitrogens is 2. The van der Waals surface area contributed by atoms with Crippen molar-refractivity contribution in [2.24, 2.45) is 0 Å². The van der Waals surface area contributed by atoms with Gasteiger partial charge < -0.3 is 10.3 Å². The van der Waals surface area contributed by atoms with Crippen LogP contribution in [0.2, 0.25) is 0 Å². The topological polar surface area (TPSA) is 57.8 Å². The predicted molar refractivity (Wildman–Crippen MR) is 74.8 cm³/mol. The Balaban J connectivity index is 1.78. The molecule has 0 aliphatic heterocycles. The molecule has 0 aliphatic rings. The molecular weight excluding hydrogens is 257 g/mol. The van der Waals surface area contributed by atoms with E-state index in [4.69, 9.17) is 0 Å². The minimum atomic E-state index is -0.300. The van der Waals surface area contributed by atoms with Gasteiger partial charge in [0.2, 0.25) is 5.91 Å². The summed E-state index contributed by atoms with van der Waals surface area (Å²) in [5, 5.41) is 3.62. The summed E-state index contributed by atoms with van der Waals surface area (Å²) in [6.07, 6.45) is 5.18. The summed E-state index contributed by atoms with van der Waals surface area (Å²) in [6, 6.07) is 8.00. The minimum Gasteiger partial charge on any atom is -0.361 e. The molecule has 0 fully saturated rings. The van der Waals surface area contributed by atoms with E-state index in [0.717, 1.165) is 10.9 Å². The maximum atomic E-state index is 13.1. The first kappa shape index (κ1) is 12.3. The maximum absolute atomic E-state index is 13.1. The van der Waals surface area contributed by atoms with Crippen LogP contribution in [-0.2, 0) is 11.2 Å². The number of rotatable bonds is 3. The van der Waals surface area contributed by atoms with Crippen molar-refractivity contribution in [3.8, 4) is 0 Å². The van der Waals surface area contributed by atoms with Crippen molar-refractivity contribution in [3.63, 3.8) is 0 Å². The molecular formula is C15H12FN3O. The lowest BCUT2D eigenvalue weighted by Crippen LogP contribution is -2.14. The van der Waals surface area contributed by atoms with Gasteiger partial charge in [-0.05, 0) is 35.9 Å². The fourth-order valence-electron chi connectivity index (χ4n) is 2.12. The molecule has 0 saturated carbocycles. The molecule has 0 unspecified atom stereocenters. The minimum absolute atomic E-state index is 0.136. The number of hydrogen-bond acceptors (Lipinski definition) is 2. The van der Waals surface area contributed by atoms with Crippen molar-refractivity contribution in [1.29, 1.82) is 0 Å². The van der Waals surface area contributed by atoms with Gasteiger partial charge >= 0.3 is 0 Å². The van der Waals surface area contributed by atoms with Gasteiger partial charge in [-0.2, -0.15) is 0 Å². The predicted octanol–water partition coefficient (Wildman–Crippen LogP) is 2.88. The Bertz CT molecular complexity index is 752. The van der Waals surface area contributed by atoms with Gasteiger partial charge in [-0.1, -0.05) is 0 Å². The summed E-state index contributed by atoms with van der Waals surface area (Å²) >= 11 is 0. The monoisotopic (exact) mass is 269 g/mol. The Hall–Kier alpha value is -2.69. The number of halogens is 1. The van der Waals surface area contributed by atoms with E-state index >= 15 is 0 Å². The number of hydrogen-bond donors (Lipinski definition) is 2. The lowest BCUT2D eigenvalue weighted by Gasteiger charge is -2.03. The van der Waals surface area contributed by atoms with Crippen LogP contribution in [0.15, 0.2) is 48.9 Å². The van der Waals surface area contributed by atoms with Crippen LogP contribution in [0.3, 0.4) is 0 Å². The van der Waals surface area contributed by atoms with Crippen LogP contribution in [0.1, 0.15) is 5.56 Å². The van der Waals surface area contributed by atoms with Crippen LogP contribution in [-0.4, -0.2) is 15.9 Å². The molecule has 2 heterocycles. The number of carbonyl (C=O) groups excluding carboxylic acids is 1. The van der Waals surface area contributed by atoms with Gasteiger partial charge in [0.15, 0.2) is 0 Å². The van der Waals surface area contributed by atoms with E-state index < -0.39 is 0 Å². The first-order valence-corrected chi connectivity index (χ1v) is 6.18. The Morgan fingerprint density at radius 2 is 2.25 bits per heavy atom. The number of amides is 1. The van der Waals surface area contributed by atoms with Crippen molar-refractivity contribution < 1.29 is 9.18 Å². The van der Waals surface area contributed by atoms with Crippen LogP contribution in [0, 0.1) is 5.82 Å². The summed E-state index contributed by atoms with van der Waals surface area (Å²) < 4.78 is 13.1. The molecule has 2 aromatic heterocycles. The quantitative estimate of drug-likeness (QED) is 0.768. The Morgan fingerprint density at radius 3 is 3.05 bits per heavy atom. The lowest BCUT2D eigenvalue weighted by molar-refractivity contribution is -0.115. The standard InChI is InChI=1S/C15H12FN3O/c16-11-3-4-13-10(8-18-14(13)7-11)6-15(20)19-12-2-1-5-17-9-12/h1-5,7-9,18H,6H2,(H,19,20). The van der Waals surface area contributed by atoms with Gasteiger partial charge in [-0.15, -0.1) is 0 Å². The summed E-state index contributed by atoms with van der Waals surface area (Å²) in [4.78, 5) is 18.9. The highest BCUT2D eigenvalue weighted by Crippen LogP contribution is 2.20. The van der Waals surface area contributed by atoms with Gasteiger partial charge in [-0.25, -0.2) is 4.39 Å². The van der Waals surface area contributed by atoms with E-state index in [1.165, 1.54) is 12.1 Å². The molecule has 0 atom stereocenters. The average molecular weight is 269 g/mol. The largest absolute Gasteiger partial charge is 0.361 e. The van der Waals surface area contributed by atoms with E-state index in [2.05, 4.69) is 15.3 Å². The lowest BCUT2D eigenvalue weighted by atomic mass is 10.1. The Morgan fingerprint density at radius 1 is 1.35 bits per heavy atom. The van der Waals surface area contributed by atoms with Crippen LogP contribution in [0.4, 0.5) is 10.1 Å². The van der Waals surface area contributed by atoms with E-state index in [0.29, 0.717) is 11.2 Å². The molecule has 3 rings (SSSR count). The molecule has 0 saturated heterocycles. The molecule has 0 radical (unpaired) electrons. The number of aromatic amines is 1. The van der Waals surface area contributed by atoms with E-state index in [1.54, 1.807) is 36.8 Å². The van der Waals surface area contributed by atoms with Gasteiger partial charge in [0.25, 0.3) is 0 Å². The van der Waals surface area contributed by atoms with E-state index in [1.807, 2.05) is 0 Å². The summed E-state index contributed by atoms with van der Waals surface area (Å²) in [5.74, 6) is -0.436. The Labute approximate surface area is 114 Å². The van der Waals surface area contributed by atoms with Crippen molar-refractivity contribution in [2.75, 3.05) is 5.32 Å². The molecule has 0 bridgehead atoms. The van der Waals surface area contributed by atoms with Gasteiger partial charge in [0, 0.05) is 23.3 Å². The van der Waals surface area contributed by atoms with Gasteiger partial charge in [-0.3, -0.25) is 9.78 Å². The third kappa shape index (κ3) is 2.51. The van der Waals surface area contributed by atoms with Crippen LogP contribution in [0.5, 0.6) is 0 Å². The smallest absolute Gasteiger partial charge is 0.228 e. The number of H-pyrrole nitrogens is 1. The second-order valence-electron chi connectivity index (χ2n) is 4.47. The number of fused-ring (bicyclic) bond motifs is 1. The summed E-state index contributed by atoms with van der Waals surface area (Å²) in [5.41, 5.74) is 2.18. The molecule has 1 aromatic carbocycles. The zero-order valence-corrected chi connectivity index (χ0v) is 10.6. The second kappa shape index (κ2) is 5.13. The summed E-state index contributed by atoms with van der Waals surface area (Å²) in [6.45, 7) is 0. The molecule has 0 aliphatic carbocycles. The number of anilines is 1. The third-order valence-electron chi connectivity index (χ3n) is 3.03. The molecule has 1 amide bonds. The molecule has 0 spiro atoms. The second-order valence-corrected chi connectivity index (χ2v) is 4.47. The van der Waals surface area contributed by atoms with Crippen molar-refractivity contribution in [3.05, 3.63) is 60.3 Å². The van der Waals surface area contributed by atoms with Gasteiger partial charge in [0.05, 0.1) is 18.3 Å². The highest BCUT2D eigenvalue weighted by molar-refractivity contribution is 5.95. The molecule has 3 aromatic rings. The highest BCUT2D eigenvalue weighted by Gasteiger charge is 2.09. The normalized spacial score (nSPS) is 10.7. The SMILES string of the molecule is O=C(Cc1c[nH]c2cc(F)ccc12)Nc1cccnc1. The highest BCUT2D eigenvalue weighted by atomic mass is 19.1. The van der Waals surface area contributed by atoms with Crippen molar-refractivity contribution >= 4 is 22.5 Å². The van der Waals surface area contributed by atoms with Gasteiger partial charge in [0.1, 0.15) is 5.82 Å². The first-order chi connectivity index (χ1) is 9.72. The number of pyridine rings is 1. The number of nitrogens with one attached hydrogen (secondary N) is 2. The zero-order valence-electron chi connectivity index (χ0n) is 10.6. The number of carbonyl (C=O) groups is 1. The maximum Gasteiger partial charge on any atom is 0.228 e. The Kier molecular flexibility index (Phi) is 3.16. The fourth-order valence-corrected chi connectivity index (χ4v) is 2.12. The molecule has 4 nitrogen and oxygen atoms in total. The van der Waals surface area contributed by atoms with Crippen molar-refractivity contribution in [1.82, 2.24) is 9.97 Å². The van der Waals surface area contributed by atoms with Crippen LogP contribution < -0.4 is 5.32 Å². The van der Waals surface area contributed by atoms with E-state index in [9.17, 15) is 9.18 Å². The zero-order chi connectivity index (χ0) is 13.9. The molecule has 100 valence electrons. The third-order valence-corrected chi connectivity index (χ3v) is 3.03. The van der Waals surface area contributed by atoms with Crippen LogP contribution in [0.25, 0.3) is 10.9 Å². The molecule has 5 heteroatoms. The number of nitrogens with zero attached hydrogens (tertiary/aromatic N) is 1. The first-order valence-electron chi connectivity index (χ1n) is 6.18. The van der Waals surface area contributed by atoms with E-state index in [-0.39, 0.29) is 18.1 Å². The molecule has 2 N–H and O–H groups in total. The van der Waals surface area contributed by atoms with Crippen molar-refractivity contribution in [2.45, 2.75) is 6.42 Å². The average Bonchev–Trinajstić information content (AvgIpc) is 2.82. The molecule has 20 heavy (non-hydrogen) atoms.